The van der Waals surface area contributed by atoms with Crippen molar-refractivity contribution < 1.29 is 27.4 Å². The number of piperidine rings is 1. The summed E-state index contributed by atoms with van der Waals surface area (Å²) in [5.74, 6) is -4.06. The molecule has 0 saturated carbocycles. The van der Waals surface area contributed by atoms with Gasteiger partial charge in [0.1, 0.15) is 46.8 Å². The Labute approximate surface area is 292 Å². The van der Waals surface area contributed by atoms with Crippen molar-refractivity contribution in [2.24, 2.45) is 0 Å². The van der Waals surface area contributed by atoms with E-state index in [1.807, 2.05) is 26.0 Å². The van der Waals surface area contributed by atoms with Crippen LogP contribution in [0.2, 0.25) is 0 Å². The van der Waals surface area contributed by atoms with Crippen LogP contribution in [0.3, 0.4) is 0 Å². The lowest BCUT2D eigenvalue weighted by Crippen LogP contribution is -2.59. The van der Waals surface area contributed by atoms with Gasteiger partial charge < -0.3 is 20.1 Å². The molecule has 15 heteroatoms. The number of piperazine rings is 1. The molecule has 2 aromatic heterocycles. The second-order valence-corrected chi connectivity index (χ2v) is 13.7. The molecule has 1 unspecified atom stereocenters. The number of carbonyl (C=O) groups is 1. The van der Waals surface area contributed by atoms with Gasteiger partial charge in [0, 0.05) is 56.3 Å². The molecule has 3 saturated heterocycles. The monoisotopic (exact) mass is 701 g/mol. The maximum absolute atomic E-state index is 15.7. The van der Waals surface area contributed by atoms with Crippen LogP contribution >= 0.6 is 0 Å². The largest absolute Gasteiger partial charge is 0.457 e. The maximum atomic E-state index is 15.7. The zero-order valence-electron chi connectivity index (χ0n) is 28.3. The Balaban J connectivity index is 1.15. The summed E-state index contributed by atoms with van der Waals surface area (Å²) in [6.07, 6.45) is 2.08. The lowest BCUT2D eigenvalue weighted by molar-refractivity contribution is -0.140. The fourth-order valence-electron chi connectivity index (χ4n) is 7.06. The molecule has 2 aromatic carbocycles. The summed E-state index contributed by atoms with van der Waals surface area (Å²) < 4.78 is 59.0. The Morgan fingerprint density at radius 2 is 1.82 bits per heavy atom. The minimum Gasteiger partial charge on any atom is -0.457 e. The quantitative estimate of drug-likeness (QED) is 0.204. The van der Waals surface area contributed by atoms with Crippen LogP contribution in [0.5, 0.6) is 11.5 Å². The molecule has 7 rings (SSSR count). The normalized spacial score (nSPS) is 20.6. The zero-order valence-corrected chi connectivity index (χ0v) is 28.3. The third-order valence-corrected chi connectivity index (χ3v) is 9.83. The Morgan fingerprint density at radius 1 is 1.08 bits per heavy atom. The molecule has 0 spiro atoms. The molecule has 0 bridgehead atoms. The third-order valence-electron chi connectivity index (χ3n) is 9.83. The Morgan fingerprint density at radius 3 is 2.49 bits per heavy atom. The molecule has 0 aliphatic carbocycles. The highest BCUT2D eigenvalue weighted by Crippen LogP contribution is 2.39. The number of ether oxygens (including phenoxy) is 2. The van der Waals surface area contributed by atoms with Gasteiger partial charge in [0.25, 0.3) is 11.8 Å². The molecule has 4 aromatic rings. The van der Waals surface area contributed by atoms with E-state index in [4.69, 9.17) is 15.2 Å². The number of nitrogens with zero attached hydrogens (tertiary/aromatic N) is 8. The van der Waals surface area contributed by atoms with Crippen LogP contribution in [-0.4, -0.2) is 110 Å². The second kappa shape index (κ2) is 13.6. The van der Waals surface area contributed by atoms with Crippen LogP contribution in [0.4, 0.5) is 19.0 Å². The van der Waals surface area contributed by atoms with Gasteiger partial charge in [0.05, 0.1) is 37.2 Å². The number of para-hydroxylation sites is 1. The first kappa shape index (κ1) is 34.4. The van der Waals surface area contributed by atoms with Gasteiger partial charge in [-0.3, -0.25) is 14.6 Å². The highest BCUT2D eigenvalue weighted by molar-refractivity contribution is 5.99. The number of hydrogen-bond donors (Lipinski definition) is 1. The number of nitrogen functional groups attached to an aromatic ring is 1. The molecule has 3 aliphatic heterocycles. The van der Waals surface area contributed by atoms with Gasteiger partial charge in [-0.15, -0.1) is 0 Å². The van der Waals surface area contributed by atoms with Crippen molar-refractivity contribution in [3.05, 3.63) is 72.3 Å². The first-order chi connectivity index (χ1) is 24.4. The number of halogens is 3. The van der Waals surface area contributed by atoms with Gasteiger partial charge in [-0.2, -0.15) is 10.4 Å². The fraction of sp³-hybridized carbons (Fsp3) is 0.417. The van der Waals surface area contributed by atoms with Gasteiger partial charge in [-0.1, -0.05) is 18.2 Å². The van der Waals surface area contributed by atoms with Crippen LogP contribution in [0.1, 0.15) is 26.3 Å². The third kappa shape index (κ3) is 6.99. The number of fused-ring (bicyclic) bond motifs is 1. The van der Waals surface area contributed by atoms with E-state index < -0.39 is 42.2 Å². The number of carbonyl (C=O) groups excluding carboxylic acids is 1. The van der Waals surface area contributed by atoms with E-state index in [9.17, 15) is 10.1 Å². The van der Waals surface area contributed by atoms with Crippen LogP contribution in [-0.2, 0) is 9.53 Å². The van der Waals surface area contributed by atoms with Crippen LogP contribution in [0.15, 0.2) is 66.5 Å². The molecule has 12 nitrogen and oxygen atoms in total. The van der Waals surface area contributed by atoms with Crippen molar-refractivity contribution in [2.75, 3.05) is 58.2 Å². The smallest absolute Gasteiger partial charge is 0.267 e. The summed E-state index contributed by atoms with van der Waals surface area (Å²) in [4.78, 5) is 27.7. The van der Waals surface area contributed by atoms with E-state index in [0.717, 1.165) is 44.3 Å². The number of hydrogen-bond acceptors (Lipinski definition) is 10. The molecule has 0 radical (unpaired) electrons. The van der Waals surface area contributed by atoms with Crippen molar-refractivity contribution in [3.63, 3.8) is 0 Å². The number of anilines is 1. The molecule has 5 heterocycles. The topological polar surface area (TPSA) is 139 Å². The summed E-state index contributed by atoms with van der Waals surface area (Å²) in [5, 5.41) is 14.9. The van der Waals surface area contributed by atoms with E-state index in [1.165, 1.54) is 23.1 Å². The van der Waals surface area contributed by atoms with Gasteiger partial charge in [0.2, 0.25) is 0 Å². The van der Waals surface area contributed by atoms with Crippen molar-refractivity contribution in [3.8, 4) is 28.8 Å². The lowest BCUT2D eigenvalue weighted by Gasteiger charge is -2.46. The van der Waals surface area contributed by atoms with E-state index in [1.54, 1.807) is 36.4 Å². The molecule has 2 N–H and O–H groups in total. The predicted molar refractivity (Wildman–Crippen MR) is 182 cm³/mol. The Bertz CT molecular complexity index is 2000. The SMILES string of the molecule is CC(C)(/C=C(\C#N)C(=O)N1CC(n2nc(-c3ccc(Oc4ccccc4)cc3F)c3c(N)ncnc32)CC(F)(F)C1)N1CCN(C2COC2)CC1. The van der Waals surface area contributed by atoms with Crippen LogP contribution < -0.4 is 10.5 Å². The molecule has 51 heavy (non-hydrogen) atoms. The van der Waals surface area contributed by atoms with E-state index >= 15 is 13.2 Å². The summed E-state index contributed by atoms with van der Waals surface area (Å²) in [7, 11) is 0. The van der Waals surface area contributed by atoms with Gasteiger partial charge in [0.15, 0.2) is 5.65 Å². The number of likely N-dealkylation sites (tertiary alicyclic amines) is 1. The van der Waals surface area contributed by atoms with E-state index in [-0.39, 0.29) is 46.0 Å². The highest BCUT2D eigenvalue weighted by atomic mass is 19.3. The fourth-order valence-corrected chi connectivity index (χ4v) is 7.06. The van der Waals surface area contributed by atoms with E-state index in [0.29, 0.717) is 11.8 Å². The average Bonchev–Trinajstić information content (AvgIpc) is 3.47. The number of alkyl halides is 2. The Kier molecular flexibility index (Phi) is 9.17. The lowest BCUT2D eigenvalue weighted by atomic mass is 9.96. The average molecular weight is 702 g/mol. The predicted octanol–water partition coefficient (Wildman–Crippen LogP) is 4.66. The number of aromatic nitrogens is 4. The number of nitrogens with two attached hydrogens (primary N) is 1. The number of benzene rings is 2. The number of rotatable bonds is 8. The number of amides is 1. The summed E-state index contributed by atoms with van der Waals surface area (Å²) in [6, 6.07) is 14.4. The molecular weight excluding hydrogens is 663 g/mol. The summed E-state index contributed by atoms with van der Waals surface area (Å²) in [6.45, 7) is 7.30. The van der Waals surface area contributed by atoms with Gasteiger partial charge >= 0.3 is 0 Å². The first-order valence-corrected chi connectivity index (χ1v) is 16.8. The summed E-state index contributed by atoms with van der Waals surface area (Å²) >= 11 is 0. The van der Waals surface area contributed by atoms with Crippen molar-refractivity contribution in [1.29, 1.82) is 5.26 Å². The minimum atomic E-state index is -3.32. The standard InChI is InChI=1S/C36H38F3N9O3/c1-35(2,47-12-10-45(11-13-47)25-19-50-20-25)15-23(17-40)34(49)46-18-24(16-36(38,39)21-46)48-33-30(32(41)42-22-43-33)31(44-48)28-9-8-27(14-29(28)37)51-26-6-4-3-5-7-26/h3-9,14-15,22,24-25H,10-13,16,18-21H2,1-2H3,(H2,41,42,43)/b23-15+. The van der Waals surface area contributed by atoms with Gasteiger partial charge in [-0.25, -0.2) is 27.8 Å². The molecule has 3 fully saturated rings. The minimum absolute atomic E-state index is 0.0143. The molecule has 1 atom stereocenters. The van der Waals surface area contributed by atoms with Crippen LogP contribution in [0.25, 0.3) is 22.3 Å². The van der Waals surface area contributed by atoms with Crippen molar-refractivity contribution >= 4 is 22.8 Å². The van der Waals surface area contributed by atoms with Crippen LogP contribution in [0, 0.1) is 17.1 Å². The number of nitriles is 1. The molecule has 266 valence electrons. The van der Waals surface area contributed by atoms with E-state index in [2.05, 4.69) is 24.9 Å². The molecule has 3 aliphatic rings. The second-order valence-electron chi connectivity index (χ2n) is 13.7. The highest BCUT2D eigenvalue weighted by Gasteiger charge is 2.45. The maximum Gasteiger partial charge on any atom is 0.267 e. The Hall–Kier alpha value is -5.04. The zero-order chi connectivity index (χ0) is 35.9. The summed E-state index contributed by atoms with van der Waals surface area (Å²) in [5.41, 5.74) is 5.54. The molecular formula is C36H38F3N9O3. The van der Waals surface area contributed by atoms with Crippen molar-refractivity contribution in [1.82, 2.24) is 34.4 Å². The van der Waals surface area contributed by atoms with Crippen molar-refractivity contribution in [2.45, 2.75) is 43.8 Å². The molecule has 1 amide bonds. The van der Waals surface area contributed by atoms with Gasteiger partial charge in [-0.05, 0) is 44.2 Å². The first-order valence-electron chi connectivity index (χ1n) is 16.8.